The number of carbonyl (C=O) groups excluding carboxylic acids is 1. The summed E-state index contributed by atoms with van der Waals surface area (Å²) in [5, 5.41) is 3.43. The molecule has 2 aromatic rings. The van der Waals surface area contributed by atoms with Crippen LogP contribution >= 0.6 is 11.6 Å². The highest BCUT2D eigenvalue weighted by Crippen LogP contribution is 2.27. The van der Waals surface area contributed by atoms with Gasteiger partial charge in [-0.1, -0.05) is 49.7 Å². The maximum absolute atomic E-state index is 12.2. The fourth-order valence-electron chi connectivity index (χ4n) is 2.31. The van der Waals surface area contributed by atoms with Crippen LogP contribution in [0.15, 0.2) is 42.5 Å². The molecule has 122 valence electrons. The molecule has 1 N–H and O–H groups in total. The van der Waals surface area contributed by atoms with E-state index in [1.807, 2.05) is 43.3 Å². The molecule has 0 radical (unpaired) electrons. The van der Waals surface area contributed by atoms with Crippen molar-refractivity contribution in [2.24, 2.45) is 0 Å². The lowest BCUT2D eigenvalue weighted by Crippen LogP contribution is -2.21. The van der Waals surface area contributed by atoms with Gasteiger partial charge >= 0.3 is 0 Å². The molecule has 0 aliphatic carbocycles. The van der Waals surface area contributed by atoms with Crippen LogP contribution in [0.4, 0.5) is 5.69 Å². The molecule has 0 saturated carbocycles. The molecule has 0 aliphatic rings. The molecule has 1 amide bonds. The molecule has 0 heterocycles. The summed E-state index contributed by atoms with van der Waals surface area (Å²) < 4.78 is 5.53. The summed E-state index contributed by atoms with van der Waals surface area (Å²) in [6, 6.07) is 13.4. The molecule has 0 aliphatic heterocycles. The summed E-state index contributed by atoms with van der Waals surface area (Å²) in [7, 11) is 0. The van der Waals surface area contributed by atoms with Gasteiger partial charge in [0, 0.05) is 5.69 Å². The van der Waals surface area contributed by atoms with E-state index in [1.54, 1.807) is 6.07 Å². The maximum atomic E-state index is 12.2. The Bertz CT molecular complexity index is 685. The number of para-hydroxylation sites is 1. The molecule has 4 heteroatoms. The number of ether oxygens (including phenoxy) is 1. The summed E-state index contributed by atoms with van der Waals surface area (Å²) in [4.78, 5) is 12.2. The monoisotopic (exact) mass is 331 g/mol. The third-order valence-corrected chi connectivity index (χ3v) is 4.14. The van der Waals surface area contributed by atoms with Crippen LogP contribution in [0.3, 0.4) is 0 Å². The predicted octanol–water partition coefficient (Wildman–Crippen LogP) is 5.18. The molecule has 23 heavy (non-hydrogen) atoms. The predicted molar refractivity (Wildman–Crippen MR) is 95.5 cm³/mol. The molecule has 2 rings (SSSR count). The SMILES string of the molecule is CC[C@@H](C)c1ccccc1NC(=O)COc1cc(C)ccc1Cl. The van der Waals surface area contributed by atoms with Gasteiger partial charge in [0.15, 0.2) is 6.61 Å². The second-order valence-electron chi connectivity index (χ2n) is 5.67. The first-order valence-corrected chi connectivity index (χ1v) is 8.16. The van der Waals surface area contributed by atoms with E-state index in [0.717, 1.165) is 23.2 Å². The number of amides is 1. The zero-order chi connectivity index (χ0) is 16.8. The van der Waals surface area contributed by atoms with Crippen LogP contribution in [-0.4, -0.2) is 12.5 Å². The smallest absolute Gasteiger partial charge is 0.262 e. The first-order chi connectivity index (χ1) is 11.0. The summed E-state index contributed by atoms with van der Waals surface area (Å²) >= 11 is 6.07. The molecule has 0 aromatic heterocycles. The average Bonchev–Trinajstić information content (AvgIpc) is 2.55. The lowest BCUT2D eigenvalue weighted by Gasteiger charge is -2.16. The lowest BCUT2D eigenvalue weighted by atomic mass is 9.97. The van der Waals surface area contributed by atoms with Gasteiger partial charge in [0.05, 0.1) is 5.02 Å². The standard InChI is InChI=1S/C19H22ClNO2/c1-4-14(3)15-7-5-6-8-17(15)21-19(22)12-23-18-11-13(2)9-10-16(18)20/h5-11,14H,4,12H2,1-3H3,(H,21,22)/t14-/m1/s1. The molecule has 0 spiro atoms. The van der Waals surface area contributed by atoms with Gasteiger partial charge in [-0.25, -0.2) is 0 Å². The Hall–Kier alpha value is -2.00. The van der Waals surface area contributed by atoms with Crippen LogP contribution in [0.2, 0.25) is 5.02 Å². The molecular formula is C19H22ClNO2. The normalized spacial score (nSPS) is 11.8. The Kier molecular flexibility index (Phi) is 6.05. The van der Waals surface area contributed by atoms with E-state index >= 15 is 0 Å². The Morgan fingerprint density at radius 1 is 1.26 bits per heavy atom. The van der Waals surface area contributed by atoms with Crippen molar-refractivity contribution in [3.63, 3.8) is 0 Å². The van der Waals surface area contributed by atoms with Gasteiger partial charge in [-0.05, 0) is 48.6 Å². The van der Waals surface area contributed by atoms with E-state index in [4.69, 9.17) is 16.3 Å². The summed E-state index contributed by atoms with van der Waals surface area (Å²) in [6.07, 6.45) is 1.02. The molecule has 0 fully saturated rings. The summed E-state index contributed by atoms with van der Waals surface area (Å²) in [6.45, 7) is 6.16. The van der Waals surface area contributed by atoms with E-state index in [1.165, 1.54) is 0 Å². The zero-order valence-electron chi connectivity index (χ0n) is 13.7. The van der Waals surface area contributed by atoms with Crippen molar-refractivity contribution in [3.8, 4) is 5.75 Å². The number of rotatable bonds is 6. The number of aryl methyl sites for hydroxylation is 1. The van der Waals surface area contributed by atoms with Gasteiger partial charge in [-0.2, -0.15) is 0 Å². The Labute approximate surface area is 142 Å². The number of halogens is 1. The topological polar surface area (TPSA) is 38.3 Å². The van der Waals surface area contributed by atoms with E-state index in [-0.39, 0.29) is 12.5 Å². The van der Waals surface area contributed by atoms with Gasteiger partial charge in [-0.3, -0.25) is 4.79 Å². The number of carbonyl (C=O) groups is 1. The van der Waals surface area contributed by atoms with Crippen molar-refractivity contribution in [1.82, 2.24) is 0 Å². The number of hydrogen-bond acceptors (Lipinski definition) is 2. The van der Waals surface area contributed by atoms with Crippen molar-refractivity contribution in [3.05, 3.63) is 58.6 Å². The van der Waals surface area contributed by atoms with Crippen LogP contribution < -0.4 is 10.1 Å². The summed E-state index contributed by atoms with van der Waals surface area (Å²) in [5.74, 6) is 0.717. The third-order valence-electron chi connectivity index (χ3n) is 3.82. The number of nitrogens with one attached hydrogen (secondary N) is 1. The average molecular weight is 332 g/mol. The molecule has 0 bridgehead atoms. The maximum Gasteiger partial charge on any atom is 0.262 e. The van der Waals surface area contributed by atoms with E-state index < -0.39 is 0 Å². The van der Waals surface area contributed by atoms with Crippen molar-refractivity contribution >= 4 is 23.2 Å². The summed E-state index contributed by atoms with van der Waals surface area (Å²) in [5.41, 5.74) is 3.01. The molecular weight excluding hydrogens is 310 g/mol. The van der Waals surface area contributed by atoms with Crippen molar-refractivity contribution < 1.29 is 9.53 Å². The highest BCUT2D eigenvalue weighted by atomic mass is 35.5. The lowest BCUT2D eigenvalue weighted by molar-refractivity contribution is -0.118. The minimum atomic E-state index is -0.196. The molecule has 1 atom stereocenters. The Morgan fingerprint density at radius 3 is 2.74 bits per heavy atom. The van der Waals surface area contributed by atoms with Crippen LogP contribution in [0.25, 0.3) is 0 Å². The van der Waals surface area contributed by atoms with Gasteiger partial charge in [0.25, 0.3) is 5.91 Å². The Balaban J connectivity index is 2.02. The quantitative estimate of drug-likeness (QED) is 0.792. The van der Waals surface area contributed by atoms with Gasteiger partial charge in [0.1, 0.15) is 5.75 Å². The fraction of sp³-hybridized carbons (Fsp3) is 0.316. The van der Waals surface area contributed by atoms with Crippen LogP contribution in [0.5, 0.6) is 5.75 Å². The highest BCUT2D eigenvalue weighted by molar-refractivity contribution is 6.32. The minimum Gasteiger partial charge on any atom is -0.482 e. The zero-order valence-corrected chi connectivity index (χ0v) is 14.5. The second kappa shape index (κ2) is 8.02. The van der Waals surface area contributed by atoms with Crippen molar-refractivity contribution in [2.45, 2.75) is 33.1 Å². The first kappa shape index (κ1) is 17.4. The van der Waals surface area contributed by atoms with Crippen LogP contribution in [0, 0.1) is 6.92 Å². The fourth-order valence-corrected chi connectivity index (χ4v) is 2.48. The minimum absolute atomic E-state index is 0.0714. The van der Waals surface area contributed by atoms with Crippen LogP contribution in [0.1, 0.15) is 37.3 Å². The number of hydrogen-bond donors (Lipinski definition) is 1. The van der Waals surface area contributed by atoms with E-state index in [9.17, 15) is 4.79 Å². The molecule has 2 aromatic carbocycles. The van der Waals surface area contributed by atoms with Gasteiger partial charge in [-0.15, -0.1) is 0 Å². The molecule has 3 nitrogen and oxygen atoms in total. The molecule has 0 saturated heterocycles. The van der Waals surface area contributed by atoms with Crippen LogP contribution in [-0.2, 0) is 4.79 Å². The second-order valence-corrected chi connectivity index (χ2v) is 6.07. The van der Waals surface area contributed by atoms with Gasteiger partial charge in [0.2, 0.25) is 0 Å². The number of anilines is 1. The van der Waals surface area contributed by atoms with Crippen molar-refractivity contribution in [1.29, 1.82) is 0 Å². The number of benzene rings is 2. The van der Waals surface area contributed by atoms with E-state index in [0.29, 0.717) is 16.7 Å². The van der Waals surface area contributed by atoms with Gasteiger partial charge < -0.3 is 10.1 Å². The first-order valence-electron chi connectivity index (χ1n) is 7.79. The highest BCUT2D eigenvalue weighted by Gasteiger charge is 2.12. The van der Waals surface area contributed by atoms with E-state index in [2.05, 4.69) is 19.2 Å². The van der Waals surface area contributed by atoms with Crippen molar-refractivity contribution in [2.75, 3.05) is 11.9 Å². The third kappa shape index (κ3) is 4.73. The largest absolute Gasteiger partial charge is 0.482 e. The molecule has 0 unspecified atom stereocenters. The Morgan fingerprint density at radius 2 is 2.00 bits per heavy atom.